The van der Waals surface area contributed by atoms with Gasteiger partial charge >= 0.3 is 6.09 Å². The van der Waals surface area contributed by atoms with Crippen molar-refractivity contribution in [2.24, 2.45) is 5.73 Å². The average molecular weight is 524 g/mol. The van der Waals surface area contributed by atoms with Gasteiger partial charge < -0.3 is 26.8 Å². The van der Waals surface area contributed by atoms with Crippen LogP contribution in [-0.4, -0.2) is 40.1 Å². The zero-order chi connectivity index (χ0) is 27.4. The van der Waals surface area contributed by atoms with Crippen LogP contribution in [0.5, 0.6) is 0 Å². The summed E-state index contributed by atoms with van der Waals surface area (Å²) in [5.41, 5.74) is 10.4. The van der Waals surface area contributed by atoms with Gasteiger partial charge in [0, 0.05) is 34.9 Å². The highest BCUT2D eigenvalue weighted by Crippen LogP contribution is 2.32. The lowest BCUT2D eigenvalue weighted by atomic mass is 9.91. The van der Waals surface area contributed by atoms with E-state index in [1.165, 1.54) is 6.20 Å². The second kappa shape index (κ2) is 11.2. The molecule has 5 rings (SSSR count). The van der Waals surface area contributed by atoms with Crippen molar-refractivity contribution in [3.8, 4) is 11.1 Å². The van der Waals surface area contributed by atoms with Gasteiger partial charge in [-0.3, -0.25) is 14.6 Å². The molecule has 0 bridgehead atoms. The molecule has 4 aromatic rings. The molecule has 0 spiro atoms. The van der Waals surface area contributed by atoms with Crippen LogP contribution in [0.4, 0.5) is 16.2 Å². The minimum Gasteiger partial charge on any atom is -0.465 e. The van der Waals surface area contributed by atoms with Crippen molar-refractivity contribution < 1.29 is 19.5 Å². The number of nitrogens with one attached hydrogen (secondary N) is 3. The summed E-state index contributed by atoms with van der Waals surface area (Å²) in [5.74, 6) is -0.727. The van der Waals surface area contributed by atoms with Crippen molar-refractivity contribution >= 4 is 40.2 Å². The summed E-state index contributed by atoms with van der Waals surface area (Å²) in [5, 5.41) is 18.5. The van der Waals surface area contributed by atoms with Crippen LogP contribution >= 0.6 is 0 Å². The normalized spacial score (nSPS) is 16.8. The average Bonchev–Trinajstić information content (AvgIpc) is 2.94. The number of primary amides is 1. The predicted octanol–water partition coefficient (Wildman–Crippen LogP) is 5.05. The number of carboxylic acid groups (broad SMARTS) is 1. The fourth-order valence-corrected chi connectivity index (χ4v) is 5.00. The first-order valence-corrected chi connectivity index (χ1v) is 12.8. The molecule has 39 heavy (non-hydrogen) atoms. The van der Waals surface area contributed by atoms with Crippen LogP contribution in [0, 0.1) is 0 Å². The summed E-state index contributed by atoms with van der Waals surface area (Å²) in [6.45, 7) is 0. The smallest absolute Gasteiger partial charge is 0.404 e. The maximum absolute atomic E-state index is 12.8. The van der Waals surface area contributed by atoms with E-state index in [1.807, 2.05) is 60.7 Å². The topological polar surface area (TPSA) is 146 Å². The van der Waals surface area contributed by atoms with Crippen LogP contribution in [0.3, 0.4) is 0 Å². The molecule has 0 aliphatic heterocycles. The van der Waals surface area contributed by atoms with E-state index in [0.717, 1.165) is 35.0 Å². The lowest BCUT2D eigenvalue weighted by Crippen LogP contribution is -2.43. The highest BCUT2D eigenvalue weighted by Gasteiger charge is 2.24. The number of hydrogen-bond donors (Lipinski definition) is 5. The Morgan fingerprint density at radius 1 is 0.821 bits per heavy atom. The van der Waals surface area contributed by atoms with Crippen molar-refractivity contribution in [1.29, 1.82) is 0 Å². The highest BCUT2D eigenvalue weighted by atomic mass is 16.4. The first-order valence-electron chi connectivity index (χ1n) is 12.8. The van der Waals surface area contributed by atoms with Gasteiger partial charge in [-0.05, 0) is 73.2 Å². The highest BCUT2D eigenvalue weighted by molar-refractivity contribution is 6.08. The number of nitrogens with two attached hydrogens (primary N) is 1. The first-order chi connectivity index (χ1) is 18.9. The molecule has 198 valence electrons. The molecule has 6 N–H and O–H groups in total. The largest absolute Gasteiger partial charge is 0.465 e. The van der Waals surface area contributed by atoms with Crippen LogP contribution < -0.4 is 21.7 Å². The van der Waals surface area contributed by atoms with Crippen LogP contribution in [0.1, 0.15) is 46.4 Å². The van der Waals surface area contributed by atoms with Crippen LogP contribution in [0.15, 0.2) is 79.0 Å². The molecule has 0 unspecified atom stereocenters. The summed E-state index contributed by atoms with van der Waals surface area (Å²) in [7, 11) is 0. The van der Waals surface area contributed by atoms with Gasteiger partial charge in [-0.1, -0.05) is 36.4 Å². The van der Waals surface area contributed by atoms with Gasteiger partial charge in [-0.15, -0.1) is 0 Å². The molecule has 3 amide bonds. The number of pyridine rings is 1. The molecule has 0 atom stereocenters. The van der Waals surface area contributed by atoms with E-state index < -0.39 is 12.0 Å². The molecule has 1 aromatic heterocycles. The third-order valence-corrected chi connectivity index (χ3v) is 7.05. The van der Waals surface area contributed by atoms with Crippen LogP contribution in [0.2, 0.25) is 0 Å². The van der Waals surface area contributed by atoms with Gasteiger partial charge in [0.15, 0.2) is 0 Å². The summed E-state index contributed by atoms with van der Waals surface area (Å²) in [4.78, 5) is 40.3. The third-order valence-electron chi connectivity index (χ3n) is 7.05. The number of anilines is 2. The Balaban J connectivity index is 1.35. The van der Waals surface area contributed by atoms with E-state index in [1.54, 1.807) is 12.1 Å². The van der Waals surface area contributed by atoms with Crippen molar-refractivity contribution in [2.45, 2.75) is 37.8 Å². The second-order valence-electron chi connectivity index (χ2n) is 9.68. The lowest BCUT2D eigenvalue weighted by molar-refractivity contribution is 0.0922. The Bertz CT molecular complexity index is 1510. The van der Waals surface area contributed by atoms with Crippen molar-refractivity contribution in [3.05, 3.63) is 90.1 Å². The van der Waals surface area contributed by atoms with Gasteiger partial charge in [0.2, 0.25) is 0 Å². The van der Waals surface area contributed by atoms with Gasteiger partial charge in [-0.25, -0.2) is 4.79 Å². The fraction of sp³-hybridized carbons (Fsp3) is 0.200. The van der Waals surface area contributed by atoms with Gasteiger partial charge in [0.25, 0.3) is 11.8 Å². The van der Waals surface area contributed by atoms with Crippen molar-refractivity contribution in [3.63, 3.8) is 0 Å². The number of para-hydroxylation sites is 1. The molecule has 0 saturated heterocycles. The molecule has 9 nitrogen and oxygen atoms in total. The minimum atomic E-state index is -1.01. The number of nitrogens with zero attached hydrogens (tertiary/aromatic N) is 1. The number of hydrogen-bond acceptors (Lipinski definition) is 5. The Labute approximate surface area is 225 Å². The Kier molecular flexibility index (Phi) is 7.40. The zero-order valence-electron chi connectivity index (χ0n) is 21.2. The van der Waals surface area contributed by atoms with E-state index in [-0.39, 0.29) is 18.0 Å². The summed E-state index contributed by atoms with van der Waals surface area (Å²) in [6, 6.07) is 22.6. The van der Waals surface area contributed by atoms with Gasteiger partial charge in [0.05, 0.1) is 16.8 Å². The molecule has 3 aromatic carbocycles. The molecule has 1 aliphatic carbocycles. The molecule has 1 fully saturated rings. The number of aromatic nitrogens is 1. The fourth-order valence-electron chi connectivity index (χ4n) is 5.00. The second-order valence-corrected chi connectivity index (χ2v) is 9.68. The quantitative estimate of drug-likeness (QED) is 0.229. The standard InChI is InChI=1S/C30H29N5O4/c31-28(36)25-17-32-26-15-10-20(16-24(26)27(25)33-21-4-2-1-3-5-21)18-6-8-19(9-7-18)29(37)34-22-11-13-23(14-12-22)35-30(38)39/h1-10,15-17,22-23,35H,11-14H2,(H2,31,36)(H,32,33)(H,34,37)(H,38,39)/t22-,23+. The number of fused-ring (bicyclic) bond motifs is 1. The van der Waals surface area contributed by atoms with E-state index in [2.05, 4.69) is 20.9 Å². The minimum absolute atomic E-state index is 0.0204. The SMILES string of the molecule is NC(=O)c1cnc2ccc(-c3ccc(C(=O)N[C@H]4CC[C@@H](NC(=O)O)CC4)cc3)cc2c1Nc1ccccc1. The molecule has 1 heterocycles. The molecule has 1 saturated carbocycles. The maximum Gasteiger partial charge on any atom is 0.404 e. The Morgan fingerprint density at radius 2 is 1.46 bits per heavy atom. The monoisotopic (exact) mass is 523 g/mol. The number of amides is 3. The Hall–Kier alpha value is -4.92. The van der Waals surface area contributed by atoms with Crippen LogP contribution in [0.25, 0.3) is 22.0 Å². The Morgan fingerprint density at radius 3 is 2.10 bits per heavy atom. The summed E-state index contributed by atoms with van der Waals surface area (Å²) >= 11 is 0. The maximum atomic E-state index is 12.8. The molecule has 1 aliphatic rings. The molecular weight excluding hydrogens is 494 g/mol. The predicted molar refractivity (Wildman–Crippen MR) is 150 cm³/mol. The summed E-state index contributed by atoms with van der Waals surface area (Å²) in [6.07, 6.45) is 3.33. The van der Waals surface area contributed by atoms with Crippen molar-refractivity contribution in [2.75, 3.05) is 5.32 Å². The summed E-state index contributed by atoms with van der Waals surface area (Å²) < 4.78 is 0. The lowest BCUT2D eigenvalue weighted by Gasteiger charge is -2.28. The van der Waals surface area contributed by atoms with E-state index in [0.29, 0.717) is 35.2 Å². The number of rotatable bonds is 7. The van der Waals surface area contributed by atoms with Gasteiger partial charge in [0.1, 0.15) is 0 Å². The van der Waals surface area contributed by atoms with Crippen LogP contribution in [-0.2, 0) is 0 Å². The number of carbonyl (C=O) groups excluding carboxylic acids is 2. The van der Waals surface area contributed by atoms with E-state index in [4.69, 9.17) is 10.8 Å². The number of carbonyl (C=O) groups is 3. The molecule has 0 radical (unpaired) electrons. The zero-order valence-corrected chi connectivity index (χ0v) is 21.2. The first kappa shape index (κ1) is 25.7. The van der Waals surface area contributed by atoms with E-state index >= 15 is 0 Å². The van der Waals surface area contributed by atoms with Gasteiger partial charge in [-0.2, -0.15) is 0 Å². The number of benzene rings is 3. The molecular formula is C30H29N5O4. The van der Waals surface area contributed by atoms with Crippen molar-refractivity contribution in [1.82, 2.24) is 15.6 Å². The molecule has 9 heteroatoms. The third kappa shape index (κ3) is 5.98. The van der Waals surface area contributed by atoms with E-state index in [9.17, 15) is 14.4 Å².